The maximum Gasteiger partial charge on any atom is 0.631 e. The maximum absolute atomic E-state index is 7.17. The Bertz CT molecular complexity index is 302. The van der Waals surface area contributed by atoms with Gasteiger partial charge in [0.05, 0.1) is 0 Å². The molecular weight excluding hydrogens is 342 g/mol. The molecule has 0 bridgehead atoms. The van der Waals surface area contributed by atoms with Crippen LogP contribution in [0.4, 0.5) is 0 Å². The Balaban J connectivity index is -0.000000110. The van der Waals surface area contributed by atoms with E-state index in [9.17, 15) is 0 Å². The standard InChI is InChI=1S/C7H7.4BH3O3.Na/c1-7-5-3-2-4-6-7;4*2-1(3)4;/h2-5H,1H3;4*2-4H;. The molecule has 17 heteroatoms. The third-order valence-corrected chi connectivity index (χ3v) is 2.55. The van der Waals surface area contributed by atoms with Gasteiger partial charge in [-0.2, -0.15) is 0 Å². The Labute approximate surface area is 157 Å². The van der Waals surface area contributed by atoms with Gasteiger partial charge in [-0.25, -0.2) is 0 Å². The maximum atomic E-state index is 7.17. The third-order valence-electron chi connectivity index (χ3n) is 1.43. The van der Waals surface area contributed by atoms with E-state index in [-0.39, 0.29) is 0 Å². The molecule has 0 amide bonds. The Morgan fingerprint density at radius 3 is 0.917 bits per heavy atom. The van der Waals surface area contributed by atoms with Gasteiger partial charge in [0.25, 0.3) is 0 Å². The van der Waals surface area contributed by atoms with Crippen LogP contribution in [0.1, 0.15) is 5.56 Å². The zero-order valence-corrected chi connectivity index (χ0v) is 15.0. The first-order valence-corrected chi connectivity index (χ1v) is 6.93. The van der Waals surface area contributed by atoms with E-state index in [0.29, 0.717) is 0 Å². The molecule has 12 N–H and O–H groups in total. The number of hydrogen-bond acceptors (Lipinski definition) is 12. The fourth-order valence-corrected chi connectivity index (χ4v) is 1.02. The van der Waals surface area contributed by atoms with Crippen LogP contribution >= 0.6 is 0 Å². The van der Waals surface area contributed by atoms with Crippen molar-refractivity contribution >= 4 is 60.0 Å². The normalized spacial score (nSPS) is 7.62. The van der Waals surface area contributed by atoms with Crippen LogP contribution in [0.2, 0.25) is 0 Å². The summed E-state index contributed by atoms with van der Waals surface area (Å²) >= 11 is 1.18. The van der Waals surface area contributed by atoms with Gasteiger partial charge in [0.15, 0.2) is 0 Å². The summed E-state index contributed by atoms with van der Waals surface area (Å²) in [7, 11) is -8.67. The summed E-state index contributed by atoms with van der Waals surface area (Å²) in [5.41, 5.74) is 1.43. The zero-order chi connectivity index (χ0) is 20.3. The Morgan fingerprint density at radius 1 is 0.583 bits per heavy atom. The van der Waals surface area contributed by atoms with Crippen molar-refractivity contribution < 1.29 is 60.3 Å². The second-order valence-electron chi connectivity index (χ2n) is 3.47. The second kappa shape index (κ2) is 23.0. The first-order valence-electron chi connectivity index (χ1n) is 5.93. The molecule has 0 aromatic heterocycles. The smallest absolute Gasteiger partial charge is 0.402 e. The molecule has 0 saturated heterocycles. The van der Waals surface area contributed by atoms with E-state index in [2.05, 4.69) is 31.2 Å². The molecular formula is C7H19B4NaO12. The van der Waals surface area contributed by atoms with Gasteiger partial charge in [-0.05, 0) is 0 Å². The Kier molecular flexibility index (Phi) is 30.4. The SMILES string of the molecule is Cc1cccc[c]1[Na].OB(O)O.OB(O)O.OB(O)O.OB(O)O. The monoisotopic (exact) mass is 362 g/mol. The van der Waals surface area contributed by atoms with Crippen molar-refractivity contribution in [3.05, 3.63) is 29.8 Å². The number of aryl methyl sites for hydroxylation is 1. The van der Waals surface area contributed by atoms with Crippen molar-refractivity contribution in [3.63, 3.8) is 0 Å². The molecule has 0 aliphatic carbocycles. The van der Waals surface area contributed by atoms with Gasteiger partial charge in [-0.3, -0.25) is 0 Å². The van der Waals surface area contributed by atoms with Crippen LogP contribution in [0.25, 0.3) is 0 Å². The second-order valence-corrected chi connectivity index (χ2v) is 4.55. The first-order chi connectivity index (χ1) is 10.7. The predicted octanol–water partition coefficient (Wildman–Crippen LogP) is -7.42. The van der Waals surface area contributed by atoms with Crippen molar-refractivity contribution in [3.8, 4) is 0 Å². The van der Waals surface area contributed by atoms with Crippen LogP contribution < -0.4 is 2.81 Å². The van der Waals surface area contributed by atoms with Crippen molar-refractivity contribution in [2.45, 2.75) is 6.92 Å². The Hall–Kier alpha value is -0.000260. The first kappa shape index (κ1) is 31.7. The molecule has 24 heavy (non-hydrogen) atoms. The minimum atomic E-state index is -2.17. The van der Waals surface area contributed by atoms with E-state index in [1.54, 1.807) is 0 Å². The molecule has 0 atom stereocenters. The van der Waals surface area contributed by atoms with Gasteiger partial charge < -0.3 is 60.3 Å². The number of hydrogen-bond donors (Lipinski definition) is 12. The van der Waals surface area contributed by atoms with Gasteiger partial charge in [0, 0.05) is 0 Å². The number of benzene rings is 1. The van der Waals surface area contributed by atoms with E-state index in [1.165, 1.54) is 36.3 Å². The minimum absolute atomic E-state index is 1.18. The van der Waals surface area contributed by atoms with Crippen molar-refractivity contribution in [1.82, 2.24) is 0 Å². The van der Waals surface area contributed by atoms with Gasteiger partial charge in [-0.15, -0.1) is 0 Å². The number of rotatable bonds is 0. The summed E-state index contributed by atoms with van der Waals surface area (Å²) < 4.78 is 1.51. The molecule has 0 radical (unpaired) electrons. The van der Waals surface area contributed by atoms with Crippen LogP contribution in [0.5, 0.6) is 0 Å². The van der Waals surface area contributed by atoms with E-state index in [4.69, 9.17) is 60.3 Å². The van der Waals surface area contributed by atoms with Gasteiger partial charge in [-0.1, -0.05) is 0 Å². The van der Waals surface area contributed by atoms with Gasteiger partial charge in [0.1, 0.15) is 0 Å². The van der Waals surface area contributed by atoms with E-state index in [0.717, 1.165) is 0 Å². The summed E-state index contributed by atoms with van der Waals surface area (Å²) in [5, 5.41) is 86.0. The zero-order valence-electron chi connectivity index (χ0n) is 13.0. The summed E-state index contributed by atoms with van der Waals surface area (Å²) in [5.74, 6) is 0. The quantitative estimate of drug-likeness (QED) is 0.193. The van der Waals surface area contributed by atoms with Crippen molar-refractivity contribution in [2.75, 3.05) is 0 Å². The van der Waals surface area contributed by atoms with E-state index < -0.39 is 29.3 Å². The topological polar surface area (TPSA) is 243 Å². The van der Waals surface area contributed by atoms with Gasteiger partial charge >= 0.3 is 96.8 Å². The average Bonchev–Trinajstić information content (AvgIpc) is 2.30. The minimum Gasteiger partial charge on any atom is -0.402 e. The molecule has 0 heterocycles. The van der Waals surface area contributed by atoms with Crippen LogP contribution in [0, 0.1) is 6.92 Å². The van der Waals surface area contributed by atoms with E-state index >= 15 is 0 Å². The average molecular weight is 361 g/mol. The van der Waals surface area contributed by atoms with Crippen LogP contribution in [-0.4, -0.2) is 118 Å². The van der Waals surface area contributed by atoms with E-state index in [1.807, 2.05) is 0 Å². The summed E-state index contributed by atoms with van der Waals surface area (Å²) in [4.78, 5) is 0. The summed E-state index contributed by atoms with van der Waals surface area (Å²) in [6.45, 7) is 2.16. The van der Waals surface area contributed by atoms with Crippen LogP contribution in [0.15, 0.2) is 24.3 Å². The molecule has 1 aromatic rings. The van der Waals surface area contributed by atoms with Crippen LogP contribution in [-0.2, 0) is 0 Å². The van der Waals surface area contributed by atoms with Crippen molar-refractivity contribution in [1.29, 1.82) is 0 Å². The molecule has 0 saturated carbocycles. The third kappa shape index (κ3) is 80.2. The molecule has 0 fully saturated rings. The molecule has 0 unspecified atom stereocenters. The molecule has 1 rings (SSSR count). The molecule has 1 aromatic carbocycles. The Morgan fingerprint density at radius 2 is 0.792 bits per heavy atom. The molecule has 0 aliphatic heterocycles. The van der Waals surface area contributed by atoms with Crippen LogP contribution in [0.3, 0.4) is 0 Å². The molecule has 132 valence electrons. The summed E-state index contributed by atoms with van der Waals surface area (Å²) in [6.07, 6.45) is 0. The molecule has 12 nitrogen and oxygen atoms in total. The predicted molar refractivity (Wildman–Crippen MR) is 86.2 cm³/mol. The van der Waals surface area contributed by atoms with Crippen molar-refractivity contribution in [2.24, 2.45) is 0 Å². The summed E-state index contributed by atoms with van der Waals surface area (Å²) in [6, 6.07) is 8.51. The molecule has 0 spiro atoms. The van der Waals surface area contributed by atoms with Gasteiger partial charge in [0.2, 0.25) is 0 Å². The largest absolute Gasteiger partial charge is 0.631 e. The fourth-order valence-electron chi connectivity index (χ4n) is 0.663. The fraction of sp³-hybridized carbons (Fsp3) is 0.143. The molecule has 0 aliphatic rings.